The molecule has 1 aliphatic heterocycles. The van der Waals surface area contributed by atoms with Gasteiger partial charge in [0.15, 0.2) is 0 Å². The lowest BCUT2D eigenvalue weighted by Crippen LogP contribution is -2.57. The molecule has 3 atom stereocenters. The number of amides is 2. The smallest absolute Gasteiger partial charge is 0.408 e. The van der Waals surface area contributed by atoms with Crippen molar-refractivity contribution >= 4 is 18.0 Å². The molecule has 1 aromatic carbocycles. The topological polar surface area (TPSA) is 127 Å². The highest BCUT2D eigenvalue weighted by molar-refractivity contribution is 5.90. The molecule has 2 fully saturated rings. The number of alkyl carbamates (subject to hydrolysis) is 1. The van der Waals surface area contributed by atoms with Crippen molar-refractivity contribution in [3.8, 4) is 22.8 Å². The summed E-state index contributed by atoms with van der Waals surface area (Å²) in [7, 11) is 1.60. The molecule has 1 saturated carbocycles. The molecular formula is C29H37N3O7. The van der Waals surface area contributed by atoms with Crippen molar-refractivity contribution in [1.82, 2.24) is 15.2 Å². The molecule has 2 amide bonds. The third kappa shape index (κ3) is 6.99. The van der Waals surface area contributed by atoms with Gasteiger partial charge in [-0.25, -0.2) is 9.59 Å². The van der Waals surface area contributed by atoms with Crippen LogP contribution in [0.1, 0.15) is 52.9 Å². The van der Waals surface area contributed by atoms with Gasteiger partial charge >= 0.3 is 12.1 Å². The third-order valence-electron chi connectivity index (χ3n) is 7.20. The number of nitrogens with zero attached hydrogens (tertiary/aromatic N) is 2. The molecule has 0 bridgehead atoms. The maximum atomic E-state index is 13.7. The fraction of sp³-hybridized carbons (Fsp3) is 0.517. The lowest BCUT2D eigenvalue weighted by molar-refractivity contribution is -0.150. The van der Waals surface area contributed by atoms with E-state index in [0.717, 1.165) is 37.0 Å². The number of hydrogen-bond donors (Lipinski definition) is 2. The van der Waals surface area contributed by atoms with Crippen LogP contribution in [-0.4, -0.2) is 70.9 Å². The summed E-state index contributed by atoms with van der Waals surface area (Å²) in [6.45, 7) is 5.54. The maximum absolute atomic E-state index is 13.7. The number of carbonyl (C=O) groups excluding carboxylic acids is 2. The molecule has 3 unspecified atom stereocenters. The fourth-order valence-corrected chi connectivity index (χ4v) is 5.08. The molecule has 39 heavy (non-hydrogen) atoms. The Morgan fingerprint density at radius 2 is 1.74 bits per heavy atom. The van der Waals surface area contributed by atoms with Gasteiger partial charge in [0.2, 0.25) is 5.91 Å². The van der Waals surface area contributed by atoms with Crippen LogP contribution in [0.5, 0.6) is 11.5 Å². The Hall–Kier alpha value is -3.82. The average molecular weight is 540 g/mol. The number of carboxylic acid groups (broad SMARTS) is 1. The van der Waals surface area contributed by atoms with E-state index in [2.05, 4.69) is 10.3 Å². The first kappa shape index (κ1) is 28.2. The van der Waals surface area contributed by atoms with Gasteiger partial charge in [0.05, 0.1) is 19.3 Å². The number of aromatic nitrogens is 1. The van der Waals surface area contributed by atoms with Gasteiger partial charge in [-0.05, 0) is 61.4 Å². The average Bonchev–Trinajstić information content (AvgIpc) is 3.57. The van der Waals surface area contributed by atoms with Crippen LogP contribution < -0.4 is 14.8 Å². The number of hydrogen-bond acceptors (Lipinski definition) is 7. The summed E-state index contributed by atoms with van der Waals surface area (Å²) in [4.78, 5) is 44.2. The monoisotopic (exact) mass is 539 g/mol. The van der Waals surface area contributed by atoms with Crippen molar-refractivity contribution in [3.63, 3.8) is 0 Å². The summed E-state index contributed by atoms with van der Waals surface area (Å²) < 4.78 is 16.9. The summed E-state index contributed by atoms with van der Waals surface area (Å²) in [5.41, 5.74) is 0.886. The normalized spacial score (nSPS) is 20.4. The van der Waals surface area contributed by atoms with Gasteiger partial charge in [-0.15, -0.1) is 0 Å². The number of aliphatic carboxylic acids is 1. The predicted molar refractivity (Wildman–Crippen MR) is 144 cm³/mol. The van der Waals surface area contributed by atoms with Gasteiger partial charge in [0, 0.05) is 24.2 Å². The molecule has 1 saturated heterocycles. The molecule has 10 heteroatoms. The largest absolute Gasteiger partial charge is 0.497 e. The van der Waals surface area contributed by atoms with Crippen LogP contribution in [0.25, 0.3) is 11.3 Å². The Bertz CT molecular complexity index is 1170. The standard InChI is InChI=1S/C29H37N3O7/c1-29(2,3)25(31-28(36)39-20-7-5-6-8-20)26(33)32-17-22(16-24(32)27(34)35)38-21-13-14-30-23(15-21)18-9-11-19(37-4)12-10-18/h9-15,20,22,24-25H,5-8,16-17H2,1-4H3,(H,31,36)(H,34,35). The van der Waals surface area contributed by atoms with E-state index in [1.807, 2.05) is 45.0 Å². The number of carboxylic acids is 1. The Morgan fingerprint density at radius 3 is 2.36 bits per heavy atom. The highest BCUT2D eigenvalue weighted by Crippen LogP contribution is 2.30. The minimum Gasteiger partial charge on any atom is -0.497 e. The zero-order valence-corrected chi connectivity index (χ0v) is 22.9. The van der Waals surface area contributed by atoms with Crippen molar-refractivity contribution < 1.29 is 33.7 Å². The van der Waals surface area contributed by atoms with Crippen molar-refractivity contribution in [3.05, 3.63) is 42.6 Å². The van der Waals surface area contributed by atoms with E-state index in [1.54, 1.807) is 25.4 Å². The second-order valence-electron chi connectivity index (χ2n) is 11.2. The van der Waals surface area contributed by atoms with E-state index in [4.69, 9.17) is 14.2 Å². The number of methoxy groups -OCH3 is 1. The van der Waals surface area contributed by atoms with Crippen LogP contribution in [0, 0.1) is 5.41 Å². The number of benzene rings is 1. The van der Waals surface area contributed by atoms with E-state index in [1.165, 1.54) is 4.90 Å². The molecule has 2 aromatic rings. The van der Waals surface area contributed by atoms with Crippen LogP contribution in [0.4, 0.5) is 4.79 Å². The SMILES string of the molecule is COc1ccc(-c2cc(OC3CC(C(=O)O)N(C(=O)C(NC(=O)OC4CCCC4)C(C)(C)C)C3)ccn2)cc1. The first-order chi connectivity index (χ1) is 18.5. The number of ether oxygens (including phenoxy) is 3. The highest BCUT2D eigenvalue weighted by Gasteiger charge is 2.46. The van der Waals surface area contributed by atoms with Crippen LogP contribution in [0.2, 0.25) is 0 Å². The van der Waals surface area contributed by atoms with Crippen molar-refractivity contribution in [2.45, 2.75) is 77.2 Å². The Kier molecular flexibility index (Phi) is 8.62. The number of rotatable bonds is 8. The second-order valence-corrected chi connectivity index (χ2v) is 11.2. The molecule has 0 spiro atoms. The van der Waals surface area contributed by atoms with Gasteiger partial charge in [0.25, 0.3) is 0 Å². The van der Waals surface area contributed by atoms with E-state index in [-0.39, 0.29) is 19.1 Å². The summed E-state index contributed by atoms with van der Waals surface area (Å²) >= 11 is 0. The zero-order chi connectivity index (χ0) is 28.2. The molecule has 210 valence electrons. The molecule has 2 heterocycles. The van der Waals surface area contributed by atoms with Gasteiger partial charge in [-0.2, -0.15) is 0 Å². The predicted octanol–water partition coefficient (Wildman–Crippen LogP) is 4.27. The van der Waals surface area contributed by atoms with E-state index in [9.17, 15) is 19.5 Å². The van der Waals surface area contributed by atoms with Crippen LogP contribution >= 0.6 is 0 Å². The summed E-state index contributed by atoms with van der Waals surface area (Å²) in [5.74, 6) is -0.344. The lowest BCUT2D eigenvalue weighted by atomic mass is 9.85. The van der Waals surface area contributed by atoms with Crippen LogP contribution in [-0.2, 0) is 14.3 Å². The highest BCUT2D eigenvalue weighted by atomic mass is 16.6. The quantitative estimate of drug-likeness (QED) is 0.509. The second kappa shape index (κ2) is 11.9. The minimum absolute atomic E-state index is 0.0714. The van der Waals surface area contributed by atoms with Gasteiger partial charge < -0.3 is 29.5 Å². The number of nitrogens with one attached hydrogen (secondary N) is 1. The molecular weight excluding hydrogens is 502 g/mol. The Balaban J connectivity index is 1.47. The van der Waals surface area contributed by atoms with Crippen molar-refractivity contribution in [1.29, 1.82) is 0 Å². The minimum atomic E-state index is -1.12. The van der Waals surface area contributed by atoms with Crippen LogP contribution in [0.3, 0.4) is 0 Å². The molecule has 4 rings (SSSR count). The lowest BCUT2D eigenvalue weighted by Gasteiger charge is -2.34. The fourth-order valence-electron chi connectivity index (χ4n) is 5.08. The van der Waals surface area contributed by atoms with Crippen LogP contribution in [0.15, 0.2) is 42.6 Å². The van der Waals surface area contributed by atoms with Crippen molar-refractivity contribution in [2.24, 2.45) is 5.41 Å². The van der Waals surface area contributed by atoms with Gasteiger partial charge in [-0.1, -0.05) is 20.8 Å². The molecule has 2 aliphatic rings. The number of pyridine rings is 1. The Morgan fingerprint density at radius 1 is 1.05 bits per heavy atom. The molecule has 2 N–H and O–H groups in total. The van der Waals surface area contributed by atoms with E-state index < -0.39 is 41.6 Å². The zero-order valence-electron chi connectivity index (χ0n) is 22.9. The van der Waals surface area contributed by atoms with E-state index in [0.29, 0.717) is 11.4 Å². The third-order valence-corrected chi connectivity index (χ3v) is 7.20. The molecule has 10 nitrogen and oxygen atoms in total. The first-order valence-electron chi connectivity index (χ1n) is 13.3. The molecule has 1 aromatic heterocycles. The molecule has 1 aliphatic carbocycles. The van der Waals surface area contributed by atoms with Gasteiger partial charge in [-0.3, -0.25) is 9.78 Å². The summed E-state index contributed by atoms with van der Waals surface area (Å²) in [6, 6.07) is 8.89. The number of likely N-dealkylation sites (tertiary alicyclic amines) is 1. The van der Waals surface area contributed by atoms with Gasteiger partial charge in [0.1, 0.15) is 35.8 Å². The maximum Gasteiger partial charge on any atom is 0.408 e. The summed E-state index contributed by atoms with van der Waals surface area (Å²) in [6.07, 6.45) is 4.01. The van der Waals surface area contributed by atoms with E-state index >= 15 is 0 Å². The number of carbonyl (C=O) groups is 3. The van der Waals surface area contributed by atoms with Crippen molar-refractivity contribution in [2.75, 3.05) is 13.7 Å². The molecule has 0 radical (unpaired) electrons. The first-order valence-corrected chi connectivity index (χ1v) is 13.3. The summed E-state index contributed by atoms with van der Waals surface area (Å²) in [5, 5.41) is 12.6. The Labute approximate surface area is 228 Å².